The Morgan fingerprint density at radius 2 is 2.12 bits per heavy atom. The number of aliphatic imine (C=N–C) groups is 1. The lowest BCUT2D eigenvalue weighted by Crippen LogP contribution is -2.33. The topological polar surface area (TPSA) is 71.8 Å². The van der Waals surface area contributed by atoms with Crippen molar-refractivity contribution in [3.63, 3.8) is 0 Å². The van der Waals surface area contributed by atoms with Crippen molar-refractivity contribution >= 4 is 22.6 Å². The van der Waals surface area contributed by atoms with Crippen LogP contribution in [0.5, 0.6) is 0 Å². The van der Waals surface area contributed by atoms with E-state index >= 15 is 0 Å². The Labute approximate surface area is 98.2 Å². The van der Waals surface area contributed by atoms with Gasteiger partial charge in [0.2, 0.25) is 0 Å². The quantitative estimate of drug-likeness (QED) is 0.454. The van der Waals surface area contributed by atoms with Crippen LogP contribution in [-0.2, 0) is 0 Å². The number of nitrogens with two attached hydrogens (primary N) is 1. The minimum Gasteiger partial charge on any atom is -0.420 e. The van der Waals surface area contributed by atoms with Crippen LogP contribution in [0.1, 0.15) is 0 Å². The zero-order valence-electron chi connectivity index (χ0n) is 9.68. The Bertz CT molecular complexity index is 631. The number of benzene rings is 1. The maximum absolute atomic E-state index is 11.3. The minimum atomic E-state index is -0.384. The minimum absolute atomic E-state index is 0.351. The lowest BCUT2D eigenvalue weighted by atomic mass is 10.2. The lowest BCUT2D eigenvalue weighted by Gasteiger charge is -2.18. The molecule has 0 spiro atoms. The van der Waals surface area contributed by atoms with Crippen LogP contribution in [0.4, 0.5) is 5.69 Å². The molecule has 0 saturated heterocycles. The van der Waals surface area contributed by atoms with Crippen LogP contribution in [-0.4, -0.2) is 20.1 Å². The predicted octanol–water partition coefficient (Wildman–Crippen LogP) is 1.17. The van der Waals surface area contributed by atoms with E-state index in [4.69, 9.17) is 10.2 Å². The molecule has 0 saturated carbocycles. The number of guanidine groups is 1. The van der Waals surface area contributed by atoms with Crippen LogP contribution in [0.2, 0.25) is 0 Å². The highest BCUT2D eigenvalue weighted by Gasteiger charge is 2.10. The van der Waals surface area contributed by atoms with E-state index in [1.54, 1.807) is 25.1 Å². The molecule has 0 aliphatic heterocycles. The van der Waals surface area contributed by atoms with Crippen molar-refractivity contribution in [2.75, 3.05) is 19.0 Å². The monoisotopic (exact) mass is 231 g/mol. The maximum Gasteiger partial charge on any atom is 0.336 e. The number of fused-ring (bicyclic) bond motifs is 1. The van der Waals surface area contributed by atoms with Gasteiger partial charge in [-0.3, -0.25) is 4.99 Å². The second kappa shape index (κ2) is 4.29. The van der Waals surface area contributed by atoms with Crippen molar-refractivity contribution in [3.05, 3.63) is 40.8 Å². The molecule has 2 rings (SSSR count). The Hall–Kier alpha value is -2.30. The van der Waals surface area contributed by atoms with E-state index in [2.05, 4.69) is 4.99 Å². The van der Waals surface area contributed by atoms with Gasteiger partial charge in [-0.05, 0) is 12.1 Å². The highest BCUT2D eigenvalue weighted by atomic mass is 16.4. The van der Waals surface area contributed by atoms with Gasteiger partial charge < -0.3 is 15.1 Å². The molecule has 0 fully saturated rings. The lowest BCUT2D eigenvalue weighted by molar-refractivity contribution is 0.561. The first-order chi connectivity index (χ1) is 8.13. The summed E-state index contributed by atoms with van der Waals surface area (Å²) < 4.78 is 5.20. The van der Waals surface area contributed by atoms with E-state index in [9.17, 15) is 4.79 Å². The smallest absolute Gasteiger partial charge is 0.336 e. The molecule has 0 atom stereocenters. The number of para-hydroxylation sites is 1. The van der Waals surface area contributed by atoms with Crippen LogP contribution < -0.4 is 16.3 Å². The Morgan fingerprint density at radius 3 is 2.82 bits per heavy atom. The third kappa shape index (κ3) is 1.99. The van der Waals surface area contributed by atoms with Gasteiger partial charge in [0.1, 0.15) is 0 Å². The molecule has 0 amide bonds. The van der Waals surface area contributed by atoms with E-state index in [1.165, 1.54) is 6.07 Å². The zero-order chi connectivity index (χ0) is 12.4. The Kier molecular flexibility index (Phi) is 2.82. The normalized spacial score (nSPS) is 11.8. The summed E-state index contributed by atoms with van der Waals surface area (Å²) in [6, 6.07) is 8.68. The molecule has 0 aliphatic rings. The van der Waals surface area contributed by atoms with Gasteiger partial charge in [0.25, 0.3) is 0 Å². The molecular weight excluding hydrogens is 218 g/mol. The number of rotatable bonds is 1. The van der Waals surface area contributed by atoms with E-state index in [-0.39, 0.29) is 5.63 Å². The third-order valence-corrected chi connectivity index (χ3v) is 2.56. The van der Waals surface area contributed by atoms with Gasteiger partial charge in [0.05, 0.1) is 5.69 Å². The molecule has 2 aromatic rings. The second-order valence-electron chi connectivity index (χ2n) is 3.59. The maximum atomic E-state index is 11.3. The summed E-state index contributed by atoms with van der Waals surface area (Å²) in [5, 5.41) is 0.845. The van der Waals surface area contributed by atoms with Gasteiger partial charge in [0.15, 0.2) is 11.5 Å². The van der Waals surface area contributed by atoms with Crippen molar-refractivity contribution in [2.45, 2.75) is 0 Å². The second-order valence-corrected chi connectivity index (χ2v) is 3.59. The van der Waals surface area contributed by atoms with Crippen LogP contribution in [0.15, 0.2) is 44.5 Å². The number of anilines is 1. The zero-order valence-corrected chi connectivity index (χ0v) is 9.68. The van der Waals surface area contributed by atoms with Crippen molar-refractivity contribution in [1.29, 1.82) is 0 Å². The van der Waals surface area contributed by atoms with Crippen LogP contribution in [0, 0.1) is 0 Å². The summed E-state index contributed by atoms with van der Waals surface area (Å²) in [6.45, 7) is 0. The molecule has 5 heteroatoms. The first kappa shape index (κ1) is 11.2. The van der Waals surface area contributed by atoms with Crippen molar-refractivity contribution in [1.82, 2.24) is 0 Å². The van der Waals surface area contributed by atoms with Crippen LogP contribution in [0.25, 0.3) is 11.0 Å². The van der Waals surface area contributed by atoms with E-state index in [0.717, 1.165) is 5.39 Å². The highest BCUT2D eigenvalue weighted by molar-refractivity contribution is 6.01. The van der Waals surface area contributed by atoms with Gasteiger partial charge in [-0.25, -0.2) is 4.79 Å². The molecule has 1 heterocycles. The first-order valence-corrected chi connectivity index (χ1v) is 5.12. The summed E-state index contributed by atoms with van der Waals surface area (Å²) in [6.07, 6.45) is 0. The molecule has 0 radical (unpaired) electrons. The van der Waals surface area contributed by atoms with Gasteiger partial charge in [-0.1, -0.05) is 12.1 Å². The SMILES string of the molecule is CN=C(N)N(C)c1cccc2ccc(=O)oc12. The molecule has 0 bridgehead atoms. The fourth-order valence-corrected chi connectivity index (χ4v) is 1.61. The largest absolute Gasteiger partial charge is 0.420 e. The molecule has 0 aliphatic carbocycles. The number of hydrogen-bond donors (Lipinski definition) is 1. The standard InChI is InChI=1S/C12H13N3O2/c1-14-12(13)15(2)9-5-3-4-8-6-7-10(16)17-11(8)9/h3-7H,1-2H3,(H2,13,14). The van der Waals surface area contributed by atoms with E-state index in [0.29, 0.717) is 17.2 Å². The Morgan fingerprint density at radius 1 is 1.35 bits per heavy atom. The Balaban J connectivity index is 2.69. The fourth-order valence-electron chi connectivity index (χ4n) is 1.61. The van der Waals surface area contributed by atoms with Gasteiger partial charge in [-0.2, -0.15) is 0 Å². The summed E-state index contributed by atoms with van der Waals surface area (Å²) in [5.41, 5.74) is 6.57. The molecule has 17 heavy (non-hydrogen) atoms. The third-order valence-electron chi connectivity index (χ3n) is 2.56. The van der Waals surface area contributed by atoms with Crippen LogP contribution >= 0.6 is 0 Å². The van der Waals surface area contributed by atoms with Crippen molar-refractivity contribution in [2.24, 2.45) is 10.7 Å². The number of hydrogen-bond acceptors (Lipinski definition) is 3. The van der Waals surface area contributed by atoms with E-state index < -0.39 is 0 Å². The van der Waals surface area contributed by atoms with Gasteiger partial charge in [0, 0.05) is 25.5 Å². The summed E-state index contributed by atoms with van der Waals surface area (Å²) >= 11 is 0. The molecule has 1 aromatic carbocycles. The highest BCUT2D eigenvalue weighted by Crippen LogP contribution is 2.24. The van der Waals surface area contributed by atoms with Crippen molar-refractivity contribution in [3.8, 4) is 0 Å². The van der Waals surface area contributed by atoms with Crippen molar-refractivity contribution < 1.29 is 4.42 Å². The summed E-state index contributed by atoms with van der Waals surface area (Å²) in [4.78, 5) is 16.8. The molecule has 5 nitrogen and oxygen atoms in total. The first-order valence-electron chi connectivity index (χ1n) is 5.12. The number of nitrogens with zero attached hydrogens (tertiary/aromatic N) is 2. The molecule has 2 N–H and O–H groups in total. The molecule has 88 valence electrons. The average molecular weight is 231 g/mol. The predicted molar refractivity (Wildman–Crippen MR) is 68.4 cm³/mol. The summed E-state index contributed by atoms with van der Waals surface area (Å²) in [5.74, 6) is 0.351. The van der Waals surface area contributed by atoms with Crippen LogP contribution in [0.3, 0.4) is 0 Å². The fraction of sp³-hybridized carbons (Fsp3) is 0.167. The summed E-state index contributed by atoms with van der Waals surface area (Å²) in [7, 11) is 3.37. The van der Waals surface area contributed by atoms with E-state index in [1.807, 2.05) is 18.2 Å². The van der Waals surface area contributed by atoms with Gasteiger partial charge >= 0.3 is 5.63 Å². The van der Waals surface area contributed by atoms with Gasteiger partial charge in [-0.15, -0.1) is 0 Å². The molecule has 1 aromatic heterocycles. The molecule has 0 unspecified atom stereocenters. The molecular formula is C12H13N3O2. The average Bonchev–Trinajstić information content (AvgIpc) is 2.36.